The lowest BCUT2D eigenvalue weighted by Crippen LogP contribution is -2.31. The molecule has 0 aliphatic carbocycles. The highest BCUT2D eigenvalue weighted by Crippen LogP contribution is 2.21. The highest BCUT2D eigenvalue weighted by molar-refractivity contribution is 6.04. The first-order valence-corrected chi connectivity index (χ1v) is 9.34. The summed E-state index contributed by atoms with van der Waals surface area (Å²) in [6.07, 6.45) is 3.80. The number of rotatable bonds is 5. The molecule has 146 valence electrons. The second-order valence-electron chi connectivity index (χ2n) is 6.78. The number of carbonyl (C=O) groups is 1. The molecule has 1 N–H and O–H groups in total. The number of nitrogens with one attached hydrogen (secondary N) is 1. The minimum absolute atomic E-state index is 0. The summed E-state index contributed by atoms with van der Waals surface area (Å²) >= 11 is 0. The maximum Gasteiger partial charge on any atom is 0.280 e. The van der Waals surface area contributed by atoms with E-state index in [-0.39, 0.29) is 18.3 Å². The lowest BCUT2D eigenvalue weighted by atomic mass is 10.1. The highest BCUT2D eigenvalue weighted by Gasteiger charge is 2.23. The first-order chi connectivity index (χ1) is 13.3. The van der Waals surface area contributed by atoms with Crippen molar-refractivity contribution in [1.82, 2.24) is 20.3 Å². The number of para-hydroxylation sites is 1. The average molecular weight is 398 g/mol. The minimum atomic E-state index is -0.134. The molecule has 6 nitrogen and oxygen atoms in total. The number of halogens is 1. The van der Waals surface area contributed by atoms with Gasteiger partial charge in [-0.25, -0.2) is 4.68 Å². The van der Waals surface area contributed by atoms with E-state index in [2.05, 4.69) is 15.6 Å². The topological polar surface area (TPSA) is 63.1 Å². The van der Waals surface area contributed by atoms with E-state index in [4.69, 9.17) is 0 Å². The van der Waals surface area contributed by atoms with Crippen LogP contribution >= 0.6 is 12.4 Å². The van der Waals surface area contributed by atoms with Crippen LogP contribution < -0.4 is 10.2 Å². The first-order valence-electron chi connectivity index (χ1n) is 9.34. The highest BCUT2D eigenvalue weighted by atomic mass is 35.5. The SMILES string of the molecule is Cl.O=C(c1cn(C2CCNCC2)nn1)N(Cc1ccccc1)c1ccccc1. The van der Waals surface area contributed by atoms with Gasteiger partial charge in [0.1, 0.15) is 0 Å². The maximum absolute atomic E-state index is 13.2. The quantitative estimate of drug-likeness (QED) is 0.716. The van der Waals surface area contributed by atoms with Crippen molar-refractivity contribution in [2.45, 2.75) is 25.4 Å². The van der Waals surface area contributed by atoms with Gasteiger partial charge >= 0.3 is 0 Å². The lowest BCUT2D eigenvalue weighted by Gasteiger charge is -2.23. The number of carbonyl (C=O) groups excluding carboxylic acids is 1. The van der Waals surface area contributed by atoms with Crippen molar-refractivity contribution in [3.05, 3.63) is 78.1 Å². The van der Waals surface area contributed by atoms with Gasteiger partial charge < -0.3 is 10.2 Å². The molecular formula is C21H24ClN5O. The number of piperidine rings is 1. The van der Waals surface area contributed by atoms with Crippen LogP contribution in [0.1, 0.15) is 34.9 Å². The van der Waals surface area contributed by atoms with Crippen LogP contribution in [0.5, 0.6) is 0 Å². The van der Waals surface area contributed by atoms with Gasteiger partial charge in [-0.2, -0.15) is 0 Å². The summed E-state index contributed by atoms with van der Waals surface area (Å²) in [5.74, 6) is -0.134. The molecule has 7 heteroatoms. The predicted octanol–water partition coefficient (Wildman–Crippen LogP) is 3.47. The van der Waals surface area contributed by atoms with E-state index < -0.39 is 0 Å². The third kappa shape index (κ3) is 4.58. The lowest BCUT2D eigenvalue weighted by molar-refractivity contribution is 0.0980. The van der Waals surface area contributed by atoms with Gasteiger partial charge in [0.15, 0.2) is 5.69 Å². The third-order valence-electron chi connectivity index (χ3n) is 4.91. The van der Waals surface area contributed by atoms with Crippen LogP contribution in [-0.4, -0.2) is 34.0 Å². The number of hydrogen-bond acceptors (Lipinski definition) is 4. The number of benzene rings is 2. The largest absolute Gasteiger partial charge is 0.317 e. The van der Waals surface area contributed by atoms with Gasteiger partial charge in [0.05, 0.1) is 18.8 Å². The second kappa shape index (κ2) is 9.48. The Bertz CT molecular complexity index is 878. The molecule has 1 amide bonds. The number of aromatic nitrogens is 3. The Balaban J connectivity index is 0.00000225. The molecule has 0 atom stereocenters. The molecule has 28 heavy (non-hydrogen) atoms. The zero-order valence-corrected chi connectivity index (χ0v) is 16.4. The van der Waals surface area contributed by atoms with Crippen molar-refractivity contribution >= 4 is 24.0 Å². The molecule has 1 fully saturated rings. The van der Waals surface area contributed by atoms with Gasteiger partial charge in [-0.15, -0.1) is 17.5 Å². The molecule has 4 rings (SSSR count). The van der Waals surface area contributed by atoms with Gasteiger partial charge in [-0.3, -0.25) is 4.79 Å². The number of anilines is 1. The molecule has 3 aromatic rings. The summed E-state index contributed by atoms with van der Waals surface area (Å²) < 4.78 is 1.85. The Labute approximate surface area is 171 Å². The molecule has 1 saturated heterocycles. The summed E-state index contributed by atoms with van der Waals surface area (Å²) in [5, 5.41) is 11.8. The van der Waals surface area contributed by atoms with Crippen LogP contribution in [0.15, 0.2) is 66.9 Å². The maximum atomic E-state index is 13.2. The Morgan fingerprint density at radius 1 is 1.04 bits per heavy atom. The van der Waals surface area contributed by atoms with Crippen molar-refractivity contribution in [2.75, 3.05) is 18.0 Å². The summed E-state index contributed by atoms with van der Waals surface area (Å²) in [5.41, 5.74) is 2.30. The van der Waals surface area contributed by atoms with Crippen LogP contribution in [0, 0.1) is 0 Å². The molecule has 0 bridgehead atoms. The van der Waals surface area contributed by atoms with E-state index in [0.717, 1.165) is 37.2 Å². The molecule has 0 saturated carbocycles. The second-order valence-corrected chi connectivity index (χ2v) is 6.78. The van der Waals surface area contributed by atoms with Gasteiger partial charge in [-0.1, -0.05) is 53.7 Å². The average Bonchev–Trinajstić information content (AvgIpc) is 3.24. The van der Waals surface area contributed by atoms with Gasteiger partial charge in [-0.05, 0) is 43.6 Å². The van der Waals surface area contributed by atoms with E-state index in [9.17, 15) is 4.79 Å². The van der Waals surface area contributed by atoms with Crippen LogP contribution in [0.4, 0.5) is 5.69 Å². The monoisotopic (exact) mass is 397 g/mol. The van der Waals surface area contributed by atoms with E-state index in [1.807, 2.05) is 65.3 Å². The fourth-order valence-electron chi connectivity index (χ4n) is 3.42. The molecule has 1 aliphatic heterocycles. The van der Waals surface area contributed by atoms with Gasteiger partial charge in [0, 0.05) is 5.69 Å². The molecule has 2 aromatic carbocycles. The summed E-state index contributed by atoms with van der Waals surface area (Å²) in [7, 11) is 0. The predicted molar refractivity (Wildman–Crippen MR) is 112 cm³/mol. The zero-order valence-electron chi connectivity index (χ0n) is 15.6. The van der Waals surface area contributed by atoms with Crippen LogP contribution in [0.2, 0.25) is 0 Å². The number of hydrogen-bond donors (Lipinski definition) is 1. The Morgan fingerprint density at radius 2 is 1.68 bits per heavy atom. The van der Waals surface area contributed by atoms with E-state index >= 15 is 0 Å². The molecule has 1 aliphatic rings. The summed E-state index contributed by atoms with van der Waals surface area (Å²) in [6, 6.07) is 20.0. The number of amides is 1. The Hall–Kier alpha value is -2.70. The van der Waals surface area contributed by atoms with Crippen LogP contribution in [0.25, 0.3) is 0 Å². The van der Waals surface area contributed by atoms with Gasteiger partial charge in [0.2, 0.25) is 0 Å². The van der Waals surface area contributed by atoms with Crippen molar-refractivity contribution in [3.63, 3.8) is 0 Å². The standard InChI is InChI=1S/C21H23N5O.ClH/c27-21(20-16-26(24-23-20)19-11-13-22-14-12-19)25(18-9-5-2-6-10-18)15-17-7-3-1-4-8-17;/h1-10,16,19,22H,11-15H2;1H. The van der Waals surface area contributed by atoms with E-state index in [0.29, 0.717) is 18.3 Å². The van der Waals surface area contributed by atoms with Gasteiger partial charge in [0.25, 0.3) is 5.91 Å². The van der Waals surface area contributed by atoms with Crippen molar-refractivity contribution < 1.29 is 4.79 Å². The number of nitrogens with zero attached hydrogens (tertiary/aromatic N) is 4. The smallest absolute Gasteiger partial charge is 0.280 e. The fraction of sp³-hybridized carbons (Fsp3) is 0.286. The van der Waals surface area contributed by atoms with E-state index in [1.165, 1.54) is 0 Å². The zero-order chi connectivity index (χ0) is 18.5. The minimum Gasteiger partial charge on any atom is -0.317 e. The molecule has 0 spiro atoms. The normalized spacial score (nSPS) is 14.3. The summed E-state index contributed by atoms with van der Waals surface area (Å²) in [6.45, 7) is 2.43. The fourth-order valence-corrected chi connectivity index (χ4v) is 3.42. The molecule has 2 heterocycles. The molecule has 0 radical (unpaired) electrons. The van der Waals surface area contributed by atoms with Crippen molar-refractivity contribution in [3.8, 4) is 0 Å². The third-order valence-corrected chi connectivity index (χ3v) is 4.91. The van der Waals surface area contributed by atoms with E-state index in [1.54, 1.807) is 11.1 Å². The Kier molecular flexibility index (Phi) is 6.79. The first kappa shape index (κ1) is 20.0. The Morgan fingerprint density at radius 3 is 2.36 bits per heavy atom. The van der Waals surface area contributed by atoms with Crippen molar-refractivity contribution in [1.29, 1.82) is 0 Å². The van der Waals surface area contributed by atoms with Crippen LogP contribution in [-0.2, 0) is 6.54 Å². The van der Waals surface area contributed by atoms with Crippen molar-refractivity contribution in [2.24, 2.45) is 0 Å². The molecule has 1 aromatic heterocycles. The van der Waals surface area contributed by atoms with Crippen LogP contribution in [0.3, 0.4) is 0 Å². The molecular weight excluding hydrogens is 374 g/mol. The summed E-state index contributed by atoms with van der Waals surface area (Å²) in [4.78, 5) is 15.0. The molecule has 0 unspecified atom stereocenters.